The third-order valence-electron chi connectivity index (χ3n) is 14.5. The highest BCUT2D eigenvalue weighted by Gasteiger charge is 2.50. The van der Waals surface area contributed by atoms with Gasteiger partial charge in [-0.05, 0) is 61.8 Å². The predicted octanol–water partition coefficient (Wildman–Crippen LogP) is 13.9. The van der Waals surface area contributed by atoms with Crippen molar-refractivity contribution in [2.75, 3.05) is 13.1 Å². The first-order valence-electron chi connectivity index (χ1n) is 28.0. The van der Waals surface area contributed by atoms with E-state index in [1.165, 1.54) is 164 Å². The lowest BCUT2D eigenvalue weighted by Gasteiger charge is -2.31. The van der Waals surface area contributed by atoms with Crippen LogP contribution in [-0.4, -0.2) is 34.7 Å². The Hall–Kier alpha value is -4.48. The number of hydrogen-bond acceptors (Lipinski definition) is 8. The fourth-order valence-electron chi connectivity index (χ4n) is 10.5. The third-order valence-corrected chi connectivity index (χ3v) is 16.8. The van der Waals surface area contributed by atoms with E-state index in [4.69, 9.17) is 0 Å². The van der Waals surface area contributed by atoms with Gasteiger partial charge in [-0.15, -0.1) is 22.7 Å². The first kappa shape index (κ1) is 58.1. The zero-order valence-corrected chi connectivity index (χ0v) is 45.5. The van der Waals surface area contributed by atoms with Crippen molar-refractivity contribution in [2.24, 2.45) is 11.8 Å². The molecule has 2 aromatic heterocycles. The largest absolute Gasteiger partial charge is 0.306 e. The van der Waals surface area contributed by atoms with Gasteiger partial charge in [-0.25, -0.2) is 0 Å². The van der Waals surface area contributed by atoms with Crippen molar-refractivity contribution < 1.29 is 9.59 Å². The van der Waals surface area contributed by atoms with E-state index in [0.717, 1.165) is 64.2 Å². The van der Waals surface area contributed by atoms with Gasteiger partial charge >= 0.3 is 0 Å². The SMILES string of the molecule is CCCCCCCCCCC(CCCCCCCC)CN1C(=O)C2=C(C(=O)N(CC(CCCCCCCC)CCCCCCCCCC)/C2=c2\ccc(=C(C#N)C#N)s2)/C1=c1/ccc(=C(C#N)C#N)s1. The third kappa shape index (κ3) is 18.0. The molecule has 380 valence electrons. The Kier molecular flexibility index (Phi) is 28.2. The van der Waals surface area contributed by atoms with Crippen LogP contribution in [0.4, 0.5) is 0 Å². The summed E-state index contributed by atoms with van der Waals surface area (Å²) in [6.45, 7) is 9.97. The van der Waals surface area contributed by atoms with Crippen LogP contribution in [0, 0.1) is 57.2 Å². The van der Waals surface area contributed by atoms with Gasteiger partial charge in [0.25, 0.3) is 11.8 Å². The Morgan fingerprint density at radius 1 is 0.414 bits per heavy atom. The molecule has 10 heteroatoms. The normalized spacial score (nSPS) is 15.8. The lowest BCUT2D eigenvalue weighted by molar-refractivity contribution is -0.124. The van der Waals surface area contributed by atoms with Crippen LogP contribution in [0.3, 0.4) is 0 Å². The van der Waals surface area contributed by atoms with Crippen LogP contribution in [-0.2, 0) is 9.59 Å². The van der Waals surface area contributed by atoms with Crippen molar-refractivity contribution in [1.29, 1.82) is 21.0 Å². The molecule has 2 amide bonds. The van der Waals surface area contributed by atoms with Gasteiger partial charge in [0.2, 0.25) is 0 Å². The maximum atomic E-state index is 15.6. The summed E-state index contributed by atoms with van der Waals surface area (Å²) in [5.41, 5.74) is 2.01. The quantitative estimate of drug-likeness (QED) is 0.0624. The molecule has 0 saturated heterocycles. The van der Waals surface area contributed by atoms with E-state index in [-0.39, 0.29) is 34.8 Å². The monoisotopic (exact) mass is 987 g/mol. The maximum Gasteiger partial charge on any atom is 0.261 e. The van der Waals surface area contributed by atoms with E-state index >= 15 is 9.59 Å². The molecule has 8 nitrogen and oxygen atoms in total. The molecule has 0 saturated carbocycles. The minimum atomic E-state index is -0.185. The van der Waals surface area contributed by atoms with Crippen LogP contribution in [0.2, 0.25) is 0 Å². The van der Waals surface area contributed by atoms with Crippen molar-refractivity contribution >= 4 is 57.0 Å². The standard InChI is InChI=1S/C60H86N6O2S2/c1-5-9-13-17-21-23-27-31-35-47(33-29-25-19-15-11-7-3)45-65-57(53-39-37-51(69-53)49(41-61)42-62)55-56(59(65)67)58(54-40-38-52(70-54)50(43-63)44-64)66(60(55)68)46-48(34-30-26-20-16-12-8-4)36-32-28-24-22-18-14-10-6-2/h37-40,47-48H,5-36,45-46H2,1-4H3/b57-53+,58-54+. The minimum absolute atomic E-state index is 0.0100. The average molecular weight is 988 g/mol. The number of carbonyl (C=O) groups excluding carboxylic acids is 2. The summed E-state index contributed by atoms with van der Waals surface area (Å²) < 4.78 is 2.45. The summed E-state index contributed by atoms with van der Waals surface area (Å²) >= 11 is 2.60. The number of nitriles is 4. The Balaban J connectivity index is 1.81. The van der Waals surface area contributed by atoms with Crippen molar-refractivity contribution in [3.63, 3.8) is 0 Å². The molecule has 2 aliphatic rings. The van der Waals surface area contributed by atoms with E-state index in [2.05, 4.69) is 52.0 Å². The molecule has 70 heavy (non-hydrogen) atoms. The molecule has 0 N–H and O–H groups in total. The van der Waals surface area contributed by atoms with Gasteiger partial charge < -0.3 is 9.80 Å². The highest BCUT2D eigenvalue weighted by molar-refractivity contribution is 7.08. The maximum absolute atomic E-state index is 15.6. The molecule has 0 spiro atoms. The summed E-state index contributed by atoms with van der Waals surface area (Å²) in [6.07, 6.45) is 38.1. The van der Waals surface area contributed by atoms with E-state index in [0.29, 0.717) is 53.8 Å². The zero-order valence-electron chi connectivity index (χ0n) is 43.8. The number of hydrogen-bond donors (Lipinski definition) is 0. The number of amides is 2. The number of rotatable bonds is 36. The lowest BCUT2D eigenvalue weighted by Crippen LogP contribution is -2.40. The van der Waals surface area contributed by atoms with Gasteiger partial charge in [0.05, 0.1) is 40.7 Å². The summed E-state index contributed by atoms with van der Waals surface area (Å²) in [7, 11) is 0. The van der Waals surface area contributed by atoms with Crippen molar-refractivity contribution in [2.45, 2.75) is 233 Å². The fraction of sp³-hybridized carbons (Fsp3) is 0.667. The molecule has 0 bridgehead atoms. The Labute approximate surface area is 431 Å². The van der Waals surface area contributed by atoms with Crippen LogP contribution >= 0.6 is 22.7 Å². The van der Waals surface area contributed by atoms with Gasteiger partial charge in [0.1, 0.15) is 35.4 Å². The predicted molar refractivity (Wildman–Crippen MR) is 291 cm³/mol. The average Bonchev–Trinajstić information content (AvgIpc) is 4.16. The second-order valence-corrected chi connectivity index (χ2v) is 22.3. The molecular weight excluding hydrogens is 901 g/mol. The topological polar surface area (TPSA) is 136 Å². The number of carbonyl (C=O) groups is 2. The van der Waals surface area contributed by atoms with Gasteiger partial charge in [-0.2, -0.15) is 21.0 Å². The molecule has 0 radical (unpaired) electrons. The summed E-state index contributed by atoms with van der Waals surface area (Å²) in [5, 5.41) is 39.6. The lowest BCUT2D eigenvalue weighted by atomic mass is 9.93. The number of thiophene rings is 2. The highest BCUT2D eigenvalue weighted by atomic mass is 32.1. The minimum Gasteiger partial charge on any atom is -0.306 e. The first-order chi connectivity index (χ1) is 34.3. The van der Waals surface area contributed by atoms with E-state index in [9.17, 15) is 21.0 Å². The van der Waals surface area contributed by atoms with Crippen molar-refractivity contribution in [1.82, 2.24) is 9.80 Å². The number of nitrogens with zero attached hydrogens (tertiary/aromatic N) is 6. The highest BCUT2D eigenvalue weighted by Crippen LogP contribution is 2.44. The Morgan fingerprint density at radius 2 is 0.671 bits per heavy atom. The van der Waals surface area contributed by atoms with Crippen molar-refractivity contribution in [3.05, 3.63) is 53.5 Å². The summed E-state index contributed by atoms with van der Waals surface area (Å²) in [4.78, 5) is 35.0. The van der Waals surface area contributed by atoms with E-state index < -0.39 is 0 Å². The van der Waals surface area contributed by atoms with Crippen LogP contribution in [0.25, 0.3) is 22.5 Å². The zero-order chi connectivity index (χ0) is 50.4. The van der Waals surface area contributed by atoms with Crippen LogP contribution < -0.4 is 18.1 Å². The first-order valence-corrected chi connectivity index (χ1v) is 29.6. The molecule has 2 unspecified atom stereocenters. The van der Waals surface area contributed by atoms with Gasteiger partial charge in [-0.3, -0.25) is 9.59 Å². The van der Waals surface area contributed by atoms with Gasteiger partial charge in [-0.1, -0.05) is 207 Å². The number of unbranched alkanes of at least 4 members (excludes halogenated alkanes) is 24. The van der Waals surface area contributed by atoms with Gasteiger partial charge in [0, 0.05) is 13.1 Å². The molecule has 4 heterocycles. The summed E-state index contributed by atoms with van der Waals surface area (Å²) in [5.74, 6) is 0.110. The molecule has 2 aliphatic heterocycles. The smallest absolute Gasteiger partial charge is 0.261 e. The van der Waals surface area contributed by atoms with E-state index in [1.54, 1.807) is 12.1 Å². The molecule has 0 aromatic carbocycles. The Bertz CT molecular complexity index is 2200. The fourth-order valence-corrected chi connectivity index (χ4v) is 12.5. The molecule has 4 rings (SSSR count). The molecule has 0 fully saturated rings. The molecule has 2 aromatic rings. The van der Waals surface area contributed by atoms with Crippen LogP contribution in [0.1, 0.15) is 233 Å². The Morgan fingerprint density at radius 3 is 0.929 bits per heavy atom. The van der Waals surface area contributed by atoms with Crippen molar-refractivity contribution in [3.8, 4) is 24.3 Å². The summed E-state index contributed by atoms with van der Waals surface area (Å²) in [6, 6.07) is 15.5. The van der Waals surface area contributed by atoms with E-state index in [1.807, 2.05) is 21.9 Å². The molecule has 2 atom stereocenters. The van der Waals surface area contributed by atoms with Crippen LogP contribution in [0.15, 0.2) is 35.4 Å². The molecular formula is C60H86N6O2S2. The second-order valence-electron chi connectivity index (χ2n) is 20.2. The molecule has 0 aliphatic carbocycles. The van der Waals surface area contributed by atoms with Crippen LogP contribution in [0.5, 0.6) is 0 Å². The van der Waals surface area contributed by atoms with Gasteiger partial charge in [0.15, 0.2) is 0 Å². The second kappa shape index (κ2) is 34.0.